The predicted molar refractivity (Wildman–Crippen MR) is 139 cm³/mol. The lowest BCUT2D eigenvalue weighted by Crippen LogP contribution is -2.48. The molecule has 0 aliphatic rings. The van der Waals surface area contributed by atoms with Gasteiger partial charge >= 0.3 is 0 Å². The molecule has 4 N–H and O–H groups in total. The number of carbonyl (C=O) groups is 2. The van der Waals surface area contributed by atoms with E-state index in [0.717, 1.165) is 17.7 Å². The SMILES string of the molecule is CCC(C)(CO)NS(=O)(=O)c1ccc(NC(=O)[C@H](Cc2ccccc2)NC(=O)c2ccc(F)cc2)cc1. The lowest BCUT2D eigenvalue weighted by Gasteiger charge is -2.26. The van der Waals surface area contributed by atoms with Crippen molar-refractivity contribution >= 4 is 27.5 Å². The van der Waals surface area contributed by atoms with Crippen LogP contribution in [-0.2, 0) is 21.2 Å². The second kappa shape index (κ2) is 12.1. The van der Waals surface area contributed by atoms with Gasteiger partial charge in [0, 0.05) is 17.7 Å². The van der Waals surface area contributed by atoms with Crippen molar-refractivity contribution in [1.82, 2.24) is 10.0 Å². The lowest BCUT2D eigenvalue weighted by atomic mass is 10.0. The Balaban J connectivity index is 1.76. The number of hydrogen-bond donors (Lipinski definition) is 4. The van der Waals surface area contributed by atoms with E-state index in [9.17, 15) is 27.5 Å². The van der Waals surface area contributed by atoms with Crippen LogP contribution in [0.4, 0.5) is 10.1 Å². The maximum absolute atomic E-state index is 13.2. The summed E-state index contributed by atoms with van der Waals surface area (Å²) in [5.74, 6) is -1.52. The van der Waals surface area contributed by atoms with Crippen LogP contribution in [0.1, 0.15) is 36.2 Å². The molecule has 0 saturated heterocycles. The second-order valence-corrected chi connectivity index (χ2v) is 10.6. The maximum atomic E-state index is 13.2. The van der Waals surface area contributed by atoms with Gasteiger partial charge in [-0.1, -0.05) is 37.3 Å². The minimum atomic E-state index is -3.90. The quantitative estimate of drug-likeness (QED) is 0.305. The molecule has 10 heteroatoms. The number of aliphatic hydroxyl groups is 1. The van der Waals surface area contributed by atoms with Crippen LogP contribution in [-0.4, -0.2) is 43.5 Å². The number of anilines is 1. The monoisotopic (exact) mass is 527 g/mol. The van der Waals surface area contributed by atoms with E-state index in [-0.39, 0.29) is 23.5 Å². The molecule has 0 aliphatic carbocycles. The van der Waals surface area contributed by atoms with Crippen molar-refractivity contribution in [1.29, 1.82) is 0 Å². The van der Waals surface area contributed by atoms with Gasteiger partial charge in [0.15, 0.2) is 0 Å². The number of halogens is 1. The van der Waals surface area contributed by atoms with Crippen molar-refractivity contribution in [3.05, 3.63) is 95.8 Å². The summed E-state index contributed by atoms with van der Waals surface area (Å²) in [6.45, 7) is 3.01. The summed E-state index contributed by atoms with van der Waals surface area (Å²) in [6, 6.07) is 18.7. The van der Waals surface area contributed by atoms with Gasteiger partial charge in [-0.25, -0.2) is 17.5 Å². The van der Waals surface area contributed by atoms with E-state index in [1.165, 1.54) is 36.4 Å². The summed E-state index contributed by atoms with van der Waals surface area (Å²) in [4.78, 5) is 25.8. The van der Waals surface area contributed by atoms with Crippen molar-refractivity contribution in [2.45, 2.75) is 43.2 Å². The molecular formula is C27H30FN3O5S. The van der Waals surface area contributed by atoms with Crippen LogP contribution in [0.25, 0.3) is 0 Å². The first-order valence-electron chi connectivity index (χ1n) is 11.7. The van der Waals surface area contributed by atoms with Crippen LogP contribution in [0, 0.1) is 5.82 Å². The largest absolute Gasteiger partial charge is 0.394 e. The van der Waals surface area contributed by atoms with Gasteiger partial charge in [0.1, 0.15) is 11.9 Å². The average Bonchev–Trinajstić information content (AvgIpc) is 2.89. The molecule has 2 amide bonds. The molecule has 3 aromatic rings. The van der Waals surface area contributed by atoms with Crippen LogP contribution in [0.2, 0.25) is 0 Å². The number of carbonyl (C=O) groups excluding carboxylic acids is 2. The Morgan fingerprint density at radius 2 is 1.59 bits per heavy atom. The zero-order chi connectivity index (χ0) is 27.1. The smallest absolute Gasteiger partial charge is 0.251 e. The van der Waals surface area contributed by atoms with Crippen molar-refractivity contribution < 1.29 is 27.5 Å². The minimum Gasteiger partial charge on any atom is -0.394 e. The standard InChI is InChI=1S/C27H30FN3O5S/c1-3-27(2,18-32)31-37(35,36)23-15-13-22(14-16-23)29-26(34)24(17-19-7-5-4-6-8-19)30-25(33)20-9-11-21(28)12-10-20/h4-16,24,31-32H,3,17-18H2,1-2H3,(H,29,34)(H,30,33)/t24-,27?/m0/s1. The Kier molecular flexibility index (Phi) is 9.14. The fourth-order valence-electron chi connectivity index (χ4n) is 3.45. The first kappa shape index (κ1) is 28.0. The minimum absolute atomic E-state index is 0.0240. The molecule has 1 unspecified atom stereocenters. The summed E-state index contributed by atoms with van der Waals surface area (Å²) >= 11 is 0. The van der Waals surface area contributed by atoms with Crippen molar-refractivity contribution in [3.8, 4) is 0 Å². The van der Waals surface area contributed by atoms with E-state index in [0.29, 0.717) is 12.1 Å². The third-order valence-electron chi connectivity index (χ3n) is 5.95. The molecular weight excluding hydrogens is 497 g/mol. The topological polar surface area (TPSA) is 125 Å². The van der Waals surface area contributed by atoms with E-state index < -0.39 is 39.2 Å². The molecule has 0 aromatic heterocycles. The molecule has 0 heterocycles. The Labute approximate surface area is 216 Å². The van der Waals surface area contributed by atoms with Crippen molar-refractivity contribution in [2.75, 3.05) is 11.9 Å². The van der Waals surface area contributed by atoms with Gasteiger partial charge in [-0.3, -0.25) is 9.59 Å². The molecule has 0 saturated carbocycles. The van der Waals surface area contributed by atoms with E-state index in [1.54, 1.807) is 13.8 Å². The zero-order valence-electron chi connectivity index (χ0n) is 20.6. The first-order valence-corrected chi connectivity index (χ1v) is 13.2. The number of amides is 2. The number of benzene rings is 3. The maximum Gasteiger partial charge on any atom is 0.251 e. The highest BCUT2D eigenvalue weighted by molar-refractivity contribution is 7.89. The fourth-order valence-corrected chi connectivity index (χ4v) is 4.92. The molecule has 0 bridgehead atoms. The molecule has 0 aliphatic heterocycles. The van der Waals surface area contributed by atoms with Gasteiger partial charge in [0.25, 0.3) is 5.91 Å². The molecule has 196 valence electrons. The molecule has 8 nitrogen and oxygen atoms in total. The number of rotatable bonds is 11. The van der Waals surface area contributed by atoms with Crippen LogP contribution < -0.4 is 15.4 Å². The Morgan fingerprint density at radius 1 is 0.973 bits per heavy atom. The number of nitrogens with one attached hydrogen (secondary N) is 3. The molecule has 37 heavy (non-hydrogen) atoms. The molecule has 0 radical (unpaired) electrons. The predicted octanol–water partition coefficient (Wildman–Crippen LogP) is 3.24. The van der Waals surface area contributed by atoms with E-state index in [2.05, 4.69) is 15.4 Å². The van der Waals surface area contributed by atoms with Crippen LogP contribution in [0.15, 0.2) is 83.8 Å². The average molecular weight is 528 g/mol. The first-order chi connectivity index (χ1) is 17.5. The lowest BCUT2D eigenvalue weighted by molar-refractivity contribution is -0.118. The number of hydrogen-bond acceptors (Lipinski definition) is 5. The Bertz CT molecular complexity index is 1310. The highest BCUT2D eigenvalue weighted by Gasteiger charge is 2.28. The molecule has 3 aromatic carbocycles. The normalized spacial score (nSPS) is 13.8. The van der Waals surface area contributed by atoms with Gasteiger partial charge in [-0.05, 0) is 67.4 Å². The van der Waals surface area contributed by atoms with Gasteiger partial charge in [-0.15, -0.1) is 0 Å². The summed E-state index contributed by atoms with van der Waals surface area (Å²) in [5.41, 5.74) is 0.353. The van der Waals surface area contributed by atoms with Crippen molar-refractivity contribution in [3.63, 3.8) is 0 Å². The van der Waals surface area contributed by atoms with Gasteiger partial charge in [0.2, 0.25) is 15.9 Å². The highest BCUT2D eigenvalue weighted by Crippen LogP contribution is 2.18. The summed E-state index contributed by atoms with van der Waals surface area (Å²) < 4.78 is 41.2. The Hall–Kier alpha value is -3.60. The molecule has 3 rings (SSSR count). The van der Waals surface area contributed by atoms with E-state index in [4.69, 9.17) is 0 Å². The number of sulfonamides is 1. The third-order valence-corrected chi connectivity index (χ3v) is 7.61. The van der Waals surface area contributed by atoms with Gasteiger partial charge < -0.3 is 15.7 Å². The van der Waals surface area contributed by atoms with E-state index in [1.807, 2.05) is 30.3 Å². The zero-order valence-corrected chi connectivity index (χ0v) is 21.4. The molecule has 0 spiro atoms. The molecule has 2 atom stereocenters. The Morgan fingerprint density at radius 3 is 2.16 bits per heavy atom. The summed E-state index contributed by atoms with van der Waals surface area (Å²) in [5, 5.41) is 14.9. The second-order valence-electron chi connectivity index (χ2n) is 8.91. The van der Waals surface area contributed by atoms with Crippen LogP contribution >= 0.6 is 0 Å². The highest BCUT2D eigenvalue weighted by atomic mass is 32.2. The summed E-state index contributed by atoms with van der Waals surface area (Å²) in [7, 11) is -3.90. The third kappa shape index (κ3) is 7.69. The summed E-state index contributed by atoms with van der Waals surface area (Å²) in [6.07, 6.45) is 0.593. The van der Waals surface area contributed by atoms with Gasteiger partial charge in [0.05, 0.1) is 17.0 Å². The number of aliphatic hydroxyl groups excluding tert-OH is 1. The fraction of sp³-hybridized carbons (Fsp3) is 0.259. The van der Waals surface area contributed by atoms with E-state index >= 15 is 0 Å². The van der Waals surface area contributed by atoms with Gasteiger partial charge in [-0.2, -0.15) is 0 Å². The van der Waals surface area contributed by atoms with Crippen molar-refractivity contribution in [2.24, 2.45) is 0 Å². The molecule has 0 fully saturated rings. The van der Waals surface area contributed by atoms with Crippen LogP contribution in [0.5, 0.6) is 0 Å². The van der Waals surface area contributed by atoms with Crippen LogP contribution in [0.3, 0.4) is 0 Å².